The lowest BCUT2D eigenvalue weighted by Gasteiger charge is -2.15. The van der Waals surface area contributed by atoms with Crippen LogP contribution in [-0.2, 0) is 0 Å². The molecule has 0 amide bonds. The van der Waals surface area contributed by atoms with E-state index < -0.39 is 0 Å². The van der Waals surface area contributed by atoms with E-state index in [2.05, 4.69) is 5.32 Å². The summed E-state index contributed by atoms with van der Waals surface area (Å²) in [5.41, 5.74) is 7.80. The van der Waals surface area contributed by atoms with Crippen molar-refractivity contribution in [2.75, 3.05) is 12.4 Å². The monoisotopic (exact) mass is 288 g/mol. The fraction of sp³-hybridized carbons (Fsp3) is 0.562. The molecule has 20 heavy (non-hydrogen) atoms. The second-order valence-corrected chi connectivity index (χ2v) is 6.87. The van der Waals surface area contributed by atoms with Gasteiger partial charge in [0, 0.05) is 23.4 Å². The molecule has 3 aliphatic carbocycles. The average Bonchev–Trinajstić information content (AvgIpc) is 2.84. The molecule has 0 aromatic heterocycles. The van der Waals surface area contributed by atoms with Gasteiger partial charge in [-0.3, -0.25) is 0 Å². The molecular weight excluding hydrogens is 268 g/mol. The van der Waals surface area contributed by atoms with Gasteiger partial charge in [-0.1, -0.05) is 12.2 Å². The molecule has 0 saturated heterocycles. The van der Waals surface area contributed by atoms with Crippen LogP contribution in [0.25, 0.3) is 0 Å². The van der Waals surface area contributed by atoms with Gasteiger partial charge < -0.3 is 15.8 Å². The van der Waals surface area contributed by atoms with E-state index in [4.69, 9.17) is 22.7 Å². The third kappa shape index (κ3) is 1.74. The molecule has 1 aromatic carbocycles. The van der Waals surface area contributed by atoms with Crippen LogP contribution in [-0.4, -0.2) is 18.1 Å². The van der Waals surface area contributed by atoms with E-state index >= 15 is 0 Å². The number of nitrogens with two attached hydrogens (primary N) is 1. The highest BCUT2D eigenvalue weighted by Crippen LogP contribution is 2.66. The van der Waals surface area contributed by atoms with E-state index in [9.17, 15) is 0 Å². The molecule has 3 saturated carbocycles. The number of methoxy groups -OCH3 is 1. The average molecular weight is 288 g/mol. The van der Waals surface area contributed by atoms with Crippen molar-refractivity contribution in [3.63, 3.8) is 0 Å². The molecule has 0 heterocycles. The van der Waals surface area contributed by atoms with E-state index in [-0.39, 0.29) is 0 Å². The highest BCUT2D eigenvalue weighted by Gasteiger charge is 2.65. The van der Waals surface area contributed by atoms with Gasteiger partial charge in [-0.15, -0.1) is 0 Å². The summed E-state index contributed by atoms with van der Waals surface area (Å²) in [5, 5.41) is 3.70. The zero-order valence-corrected chi connectivity index (χ0v) is 12.5. The van der Waals surface area contributed by atoms with Crippen LogP contribution in [0.5, 0.6) is 5.75 Å². The summed E-state index contributed by atoms with van der Waals surface area (Å²) in [6.45, 7) is 0. The zero-order valence-electron chi connectivity index (χ0n) is 11.6. The standard InChI is InChI=1S/C16H20N2OS/c1-19-10-4-5-11(16(17)20)12(7-10)18-15-13-8-2-3-9(6-8)14(13)15/h4-5,7-9,13-15,18H,2-3,6H2,1H3,(H2,17,20). The first-order valence-corrected chi connectivity index (χ1v) is 7.84. The van der Waals surface area contributed by atoms with Crippen LogP contribution in [0, 0.1) is 23.7 Å². The summed E-state index contributed by atoms with van der Waals surface area (Å²) in [7, 11) is 1.69. The predicted molar refractivity (Wildman–Crippen MR) is 84.1 cm³/mol. The van der Waals surface area contributed by atoms with E-state index in [1.165, 1.54) is 19.3 Å². The number of rotatable bonds is 4. The van der Waals surface area contributed by atoms with E-state index in [0.717, 1.165) is 40.7 Å². The number of hydrogen-bond acceptors (Lipinski definition) is 3. The van der Waals surface area contributed by atoms with Crippen molar-refractivity contribution < 1.29 is 4.74 Å². The third-order valence-electron chi connectivity index (χ3n) is 5.55. The van der Waals surface area contributed by atoms with Crippen LogP contribution >= 0.6 is 12.2 Å². The molecule has 1 aromatic rings. The number of ether oxygens (including phenoxy) is 1. The lowest BCUT2D eigenvalue weighted by Crippen LogP contribution is -2.17. The Morgan fingerprint density at radius 3 is 2.60 bits per heavy atom. The first kappa shape index (κ1) is 12.5. The van der Waals surface area contributed by atoms with Gasteiger partial charge in [-0.05, 0) is 55.1 Å². The van der Waals surface area contributed by atoms with Crippen molar-refractivity contribution in [2.45, 2.75) is 25.3 Å². The van der Waals surface area contributed by atoms with Gasteiger partial charge in [0.05, 0.1) is 7.11 Å². The molecule has 106 valence electrons. The van der Waals surface area contributed by atoms with Crippen molar-refractivity contribution in [3.8, 4) is 5.75 Å². The molecule has 4 heteroatoms. The summed E-state index contributed by atoms with van der Waals surface area (Å²) < 4.78 is 5.32. The van der Waals surface area contributed by atoms with Gasteiger partial charge in [0.15, 0.2) is 0 Å². The van der Waals surface area contributed by atoms with Gasteiger partial charge in [0.1, 0.15) is 10.7 Å². The molecule has 3 fully saturated rings. The molecule has 3 aliphatic rings. The van der Waals surface area contributed by atoms with E-state index in [1.807, 2.05) is 18.2 Å². The van der Waals surface area contributed by atoms with Gasteiger partial charge in [0.2, 0.25) is 0 Å². The lowest BCUT2D eigenvalue weighted by atomic mass is 10.0. The maximum absolute atomic E-state index is 5.84. The molecule has 3 nitrogen and oxygen atoms in total. The quantitative estimate of drug-likeness (QED) is 0.836. The third-order valence-corrected chi connectivity index (χ3v) is 5.77. The summed E-state index contributed by atoms with van der Waals surface area (Å²) in [5.74, 6) is 4.54. The van der Waals surface area contributed by atoms with E-state index in [1.54, 1.807) is 7.11 Å². The van der Waals surface area contributed by atoms with Crippen LogP contribution in [0.15, 0.2) is 18.2 Å². The topological polar surface area (TPSA) is 47.3 Å². The number of hydrogen-bond donors (Lipinski definition) is 2. The molecule has 0 aliphatic heterocycles. The molecular formula is C16H20N2OS. The Balaban J connectivity index is 1.58. The molecule has 4 rings (SSSR count). The number of thiocarbonyl (C=S) groups is 1. The van der Waals surface area contributed by atoms with Gasteiger partial charge in [-0.25, -0.2) is 0 Å². The fourth-order valence-corrected chi connectivity index (χ4v) is 4.86. The highest BCUT2D eigenvalue weighted by molar-refractivity contribution is 7.80. The highest BCUT2D eigenvalue weighted by atomic mass is 32.1. The zero-order chi connectivity index (χ0) is 13.9. The minimum atomic E-state index is 0.448. The Morgan fingerprint density at radius 2 is 2.00 bits per heavy atom. The number of anilines is 1. The smallest absolute Gasteiger partial charge is 0.120 e. The second-order valence-electron chi connectivity index (χ2n) is 6.43. The first-order valence-electron chi connectivity index (χ1n) is 7.43. The normalized spacial score (nSPS) is 36.5. The Labute approximate surface area is 124 Å². The maximum Gasteiger partial charge on any atom is 0.120 e. The Bertz CT molecular complexity index is 558. The van der Waals surface area contributed by atoms with Crippen LogP contribution in [0.1, 0.15) is 24.8 Å². The maximum atomic E-state index is 5.84. The Kier molecular flexibility index (Phi) is 2.71. The van der Waals surface area contributed by atoms with E-state index in [0.29, 0.717) is 11.0 Å². The van der Waals surface area contributed by atoms with Crippen LogP contribution in [0.3, 0.4) is 0 Å². The fourth-order valence-electron chi connectivity index (χ4n) is 4.68. The van der Waals surface area contributed by atoms with Crippen molar-refractivity contribution in [2.24, 2.45) is 29.4 Å². The van der Waals surface area contributed by atoms with Gasteiger partial charge in [0.25, 0.3) is 0 Å². The van der Waals surface area contributed by atoms with Crippen molar-refractivity contribution >= 4 is 22.9 Å². The number of fused-ring (bicyclic) bond motifs is 5. The van der Waals surface area contributed by atoms with Gasteiger partial charge >= 0.3 is 0 Å². The van der Waals surface area contributed by atoms with Crippen LogP contribution in [0.2, 0.25) is 0 Å². The van der Waals surface area contributed by atoms with Gasteiger partial charge in [-0.2, -0.15) is 0 Å². The Morgan fingerprint density at radius 1 is 1.30 bits per heavy atom. The van der Waals surface area contributed by atoms with Crippen LogP contribution < -0.4 is 15.8 Å². The lowest BCUT2D eigenvalue weighted by molar-refractivity contribution is 0.415. The number of nitrogens with one attached hydrogen (secondary N) is 1. The summed E-state index contributed by atoms with van der Waals surface area (Å²) in [6.07, 6.45) is 4.34. The minimum Gasteiger partial charge on any atom is -0.497 e. The Hall–Kier alpha value is -1.29. The van der Waals surface area contributed by atoms with Crippen molar-refractivity contribution in [1.82, 2.24) is 0 Å². The van der Waals surface area contributed by atoms with Crippen molar-refractivity contribution in [1.29, 1.82) is 0 Å². The number of benzene rings is 1. The largest absolute Gasteiger partial charge is 0.497 e. The van der Waals surface area contributed by atoms with Crippen molar-refractivity contribution in [3.05, 3.63) is 23.8 Å². The molecule has 4 unspecified atom stereocenters. The predicted octanol–water partition coefficient (Wildman–Crippen LogP) is 2.79. The molecule has 4 atom stereocenters. The second kappa shape index (κ2) is 4.35. The molecule has 0 spiro atoms. The minimum absolute atomic E-state index is 0.448. The molecule has 3 N–H and O–H groups in total. The molecule has 2 bridgehead atoms. The summed E-state index contributed by atoms with van der Waals surface area (Å²) in [6, 6.07) is 6.51. The molecule has 0 radical (unpaired) electrons. The van der Waals surface area contributed by atoms with Crippen LogP contribution in [0.4, 0.5) is 5.69 Å². The SMILES string of the molecule is COc1ccc(C(N)=S)c(NC2C3C4CCC(C4)C23)c1. The summed E-state index contributed by atoms with van der Waals surface area (Å²) >= 11 is 5.16. The first-order chi connectivity index (χ1) is 9.69. The summed E-state index contributed by atoms with van der Waals surface area (Å²) in [4.78, 5) is 0.448.